The van der Waals surface area contributed by atoms with Gasteiger partial charge in [0.2, 0.25) is 0 Å². The molecule has 0 aliphatic heterocycles. The van der Waals surface area contributed by atoms with E-state index in [1.54, 1.807) is 48.5 Å². The van der Waals surface area contributed by atoms with Crippen molar-refractivity contribution in [3.05, 3.63) is 69.7 Å². The Hall–Kier alpha value is -2.95. The molecule has 2 aromatic carbocycles. The summed E-state index contributed by atoms with van der Waals surface area (Å²) in [6, 6.07) is 15.3. The number of esters is 1. The topological polar surface area (TPSA) is 88.4 Å². The maximum atomic E-state index is 12.2. The second-order valence-corrected chi connectivity index (χ2v) is 6.21. The van der Waals surface area contributed by atoms with Gasteiger partial charge in [-0.2, -0.15) is 5.26 Å². The van der Waals surface area contributed by atoms with E-state index in [0.717, 1.165) is 0 Å². The van der Waals surface area contributed by atoms with E-state index >= 15 is 0 Å². The molecular weight excluding hydrogens is 412 g/mol. The van der Waals surface area contributed by atoms with Crippen LogP contribution in [-0.4, -0.2) is 32.1 Å². The normalized spacial score (nSPS) is 10.8. The molecule has 7 heteroatoms. The van der Waals surface area contributed by atoms with Crippen molar-refractivity contribution in [2.24, 2.45) is 0 Å². The van der Waals surface area contributed by atoms with Crippen LogP contribution in [0.4, 0.5) is 0 Å². The van der Waals surface area contributed by atoms with Crippen molar-refractivity contribution in [3.8, 4) is 11.8 Å². The Morgan fingerprint density at radius 2 is 1.89 bits per heavy atom. The summed E-state index contributed by atoms with van der Waals surface area (Å²) in [7, 11) is 1.53. The van der Waals surface area contributed by atoms with E-state index in [-0.39, 0.29) is 5.57 Å². The summed E-state index contributed by atoms with van der Waals surface area (Å²) < 4.78 is 10.8. The summed E-state index contributed by atoms with van der Waals surface area (Å²) in [5.41, 5.74) is 1.03. The highest BCUT2D eigenvalue weighted by Gasteiger charge is 2.12. The smallest absolute Gasteiger partial charge is 0.344 e. The van der Waals surface area contributed by atoms with Crippen molar-refractivity contribution >= 4 is 33.9 Å². The maximum Gasteiger partial charge on any atom is 0.344 e. The number of nitrogens with one attached hydrogen (secondary N) is 1. The van der Waals surface area contributed by atoms with Crippen LogP contribution in [0.15, 0.2) is 58.6 Å². The third kappa shape index (κ3) is 6.06. The lowest BCUT2D eigenvalue weighted by molar-refractivity contribution is -0.117. The highest BCUT2D eigenvalue weighted by Crippen LogP contribution is 2.20. The van der Waals surface area contributed by atoms with Gasteiger partial charge in [0.1, 0.15) is 17.4 Å². The van der Waals surface area contributed by atoms with Crippen LogP contribution >= 0.6 is 15.9 Å². The van der Waals surface area contributed by atoms with Gasteiger partial charge in [0.15, 0.2) is 0 Å². The first kappa shape index (κ1) is 20.4. The van der Waals surface area contributed by atoms with Gasteiger partial charge in [-0.05, 0) is 51.8 Å². The van der Waals surface area contributed by atoms with E-state index in [1.807, 2.05) is 6.07 Å². The molecule has 0 spiro atoms. The zero-order valence-electron chi connectivity index (χ0n) is 14.6. The number of benzene rings is 2. The van der Waals surface area contributed by atoms with E-state index < -0.39 is 11.9 Å². The highest BCUT2D eigenvalue weighted by atomic mass is 79.9. The molecule has 0 saturated heterocycles. The summed E-state index contributed by atoms with van der Waals surface area (Å²) in [5, 5.41) is 11.7. The third-order valence-corrected chi connectivity index (χ3v) is 4.14. The number of halogens is 1. The fourth-order valence-electron chi connectivity index (χ4n) is 2.10. The third-order valence-electron chi connectivity index (χ3n) is 3.45. The van der Waals surface area contributed by atoms with Crippen LogP contribution in [0.25, 0.3) is 6.08 Å². The molecule has 6 nitrogen and oxygen atoms in total. The predicted molar refractivity (Wildman–Crippen MR) is 104 cm³/mol. The zero-order chi connectivity index (χ0) is 19.6. The molecular formula is C20H17BrN2O4. The van der Waals surface area contributed by atoms with Crippen LogP contribution in [0.2, 0.25) is 0 Å². The molecule has 0 fully saturated rings. The molecule has 0 saturated carbocycles. The Kier molecular flexibility index (Phi) is 7.74. The van der Waals surface area contributed by atoms with Gasteiger partial charge >= 0.3 is 5.97 Å². The van der Waals surface area contributed by atoms with Crippen LogP contribution in [0.5, 0.6) is 5.75 Å². The Balaban J connectivity index is 2.05. The van der Waals surface area contributed by atoms with E-state index in [0.29, 0.717) is 34.5 Å². The first-order valence-corrected chi connectivity index (χ1v) is 8.80. The molecule has 138 valence electrons. The van der Waals surface area contributed by atoms with Gasteiger partial charge < -0.3 is 14.8 Å². The van der Waals surface area contributed by atoms with E-state index in [4.69, 9.17) is 14.7 Å². The van der Waals surface area contributed by atoms with Crippen LogP contribution in [-0.2, 0) is 9.53 Å². The summed E-state index contributed by atoms with van der Waals surface area (Å²) in [6.07, 6.45) is 1.46. The average molecular weight is 429 g/mol. The Morgan fingerprint density at radius 1 is 1.19 bits per heavy atom. The van der Waals surface area contributed by atoms with Crippen molar-refractivity contribution < 1.29 is 19.1 Å². The molecule has 0 heterocycles. The van der Waals surface area contributed by atoms with Crippen LogP contribution < -0.4 is 10.1 Å². The molecule has 0 atom stereocenters. The zero-order valence-corrected chi connectivity index (χ0v) is 16.2. The lowest BCUT2D eigenvalue weighted by Gasteiger charge is -2.06. The number of ether oxygens (including phenoxy) is 2. The second kappa shape index (κ2) is 10.3. The molecule has 0 bridgehead atoms. The van der Waals surface area contributed by atoms with Crippen molar-refractivity contribution in [3.63, 3.8) is 0 Å². The van der Waals surface area contributed by atoms with E-state index in [9.17, 15) is 9.59 Å². The molecule has 1 amide bonds. The summed E-state index contributed by atoms with van der Waals surface area (Å²) in [5.74, 6) is -0.601. The number of nitrogens with zero attached hydrogens (tertiary/aromatic N) is 1. The van der Waals surface area contributed by atoms with Gasteiger partial charge in [0.25, 0.3) is 5.91 Å². The number of amides is 1. The van der Waals surface area contributed by atoms with Crippen molar-refractivity contribution in [1.82, 2.24) is 5.32 Å². The van der Waals surface area contributed by atoms with E-state index in [2.05, 4.69) is 21.2 Å². The average Bonchev–Trinajstić information content (AvgIpc) is 2.67. The van der Waals surface area contributed by atoms with Gasteiger partial charge in [-0.15, -0.1) is 0 Å². The minimum Gasteiger partial charge on any atom is -0.423 e. The molecule has 0 aliphatic carbocycles. The molecule has 0 aliphatic rings. The molecule has 0 aromatic heterocycles. The predicted octanol–water partition coefficient (Wildman–Crippen LogP) is 3.34. The Morgan fingerprint density at radius 3 is 2.52 bits per heavy atom. The first-order chi connectivity index (χ1) is 13.0. The van der Waals surface area contributed by atoms with Gasteiger partial charge in [-0.25, -0.2) is 4.79 Å². The molecule has 2 aromatic rings. The number of hydrogen-bond donors (Lipinski definition) is 1. The summed E-state index contributed by atoms with van der Waals surface area (Å²) in [4.78, 5) is 24.1. The number of nitriles is 1. The SMILES string of the molecule is COCCNC(=O)/C(C#N)=C/c1ccc(OC(=O)c2ccccc2Br)cc1. The van der Waals surface area contributed by atoms with Gasteiger partial charge in [0.05, 0.1) is 12.2 Å². The Labute approximate surface area is 165 Å². The number of methoxy groups -OCH3 is 1. The van der Waals surface area contributed by atoms with Crippen molar-refractivity contribution in [1.29, 1.82) is 5.26 Å². The molecule has 1 N–H and O–H groups in total. The van der Waals surface area contributed by atoms with Crippen molar-refractivity contribution in [2.45, 2.75) is 0 Å². The molecule has 2 rings (SSSR count). The second-order valence-electron chi connectivity index (χ2n) is 5.36. The van der Waals surface area contributed by atoms with Gasteiger partial charge in [-0.3, -0.25) is 4.79 Å². The highest BCUT2D eigenvalue weighted by molar-refractivity contribution is 9.10. The summed E-state index contributed by atoms with van der Waals surface area (Å²) in [6.45, 7) is 0.681. The molecule has 27 heavy (non-hydrogen) atoms. The largest absolute Gasteiger partial charge is 0.423 e. The standard InChI is InChI=1S/C20H17BrN2O4/c1-26-11-10-23-19(24)15(13-22)12-14-6-8-16(9-7-14)27-20(25)17-4-2-3-5-18(17)21/h2-9,12H,10-11H2,1H3,(H,23,24)/b15-12+. The van der Waals surface area contributed by atoms with Gasteiger partial charge in [-0.1, -0.05) is 24.3 Å². The van der Waals surface area contributed by atoms with Crippen molar-refractivity contribution in [2.75, 3.05) is 20.3 Å². The minimum absolute atomic E-state index is 0.0240. The number of hydrogen-bond acceptors (Lipinski definition) is 5. The molecule has 0 radical (unpaired) electrons. The first-order valence-electron chi connectivity index (χ1n) is 8.01. The van der Waals surface area contributed by atoms with Crippen LogP contribution in [0.3, 0.4) is 0 Å². The van der Waals surface area contributed by atoms with Crippen LogP contribution in [0.1, 0.15) is 15.9 Å². The van der Waals surface area contributed by atoms with Gasteiger partial charge in [0, 0.05) is 18.1 Å². The van der Waals surface area contributed by atoms with Crippen LogP contribution in [0, 0.1) is 11.3 Å². The van der Waals surface area contributed by atoms with E-state index in [1.165, 1.54) is 13.2 Å². The maximum absolute atomic E-state index is 12.2. The monoisotopic (exact) mass is 428 g/mol. The minimum atomic E-state index is -0.485. The fourth-order valence-corrected chi connectivity index (χ4v) is 2.54. The lowest BCUT2D eigenvalue weighted by atomic mass is 10.1. The number of carbonyl (C=O) groups is 2. The lowest BCUT2D eigenvalue weighted by Crippen LogP contribution is -2.27. The fraction of sp³-hybridized carbons (Fsp3) is 0.150. The number of carbonyl (C=O) groups excluding carboxylic acids is 2. The molecule has 0 unspecified atom stereocenters. The summed E-state index contributed by atoms with van der Waals surface area (Å²) >= 11 is 3.31. The quantitative estimate of drug-likeness (QED) is 0.240. The Bertz CT molecular complexity index is 886. The number of rotatable bonds is 7.